The van der Waals surface area contributed by atoms with E-state index in [1.54, 1.807) is 0 Å². The van der Waals surface area contributed by atoms with Gasteiger partial charge in [-0.3, -0.25) is 0 Å². The van der Waals surface area contributed by atoms with Crippen LogP contribution in [-0.2, 0) is 5.41 Å². The predicted octanol–water partition coefficient (Wildman–Crippen LogP) is 15.4. The minimum Gasteiger partial charge on any atom is -0.309 e. The number of rotatable bonds is 6. The van der Waals surface area contributed by atoms with Gasteiger partial charge in [0.25, 0.3) is 0 Å². The summed E-state index contributed by atoms with van der Waals surface area (Å²) >= 11 is 0. The largest absolute Gasteiger partial charge is 0.309 e. The Hall–Kier alpha value is -7.88. The molecule has 0 amide bonds. The molecule has 0 unspecified atom stereocenters. The molecular formula is C59H41N3. The summed E-state index contributed by atoms with van der Waals surface area (Å²) in [5.74, 6) is 0.715. The molecule has 0 fully saturated rings. The van der Waals surface area contributed by atoms with Crippen LogP contribution >= 0.6 is 0 Å². The molecule has 0 saturated heterocycles. The molecule has 0 spiro atoms. The minimum absolute atomic E-state index is 0.109. The normalized spacial score (nSPS) is 12.8. The lowest BCUT2D eigenvalue weighted by Crippen LogP contribution is -2.14. The van der Waals surface area contributed by atoms with Crippen molar-refractivity contribution in [2.45, 2.75) is 19.3 Å². The molecule has 0 saturated carbocycles. The number of hydrogen-bond donors (Lipinski definition) is 0. The lowest BCUT2D eigenvalue weighted by Gasteiger charge is -2.22. The third-order valence-corrected chi connectivity index (χ3v) is 13.1. The Labute approximate surface area is 361 Å². The molecule has 0 atom stereocenters. The number of nitrogens with zero attached hydrogens (tertiary/aromatic N) is 3. The van der Waals surface area contributed by atoms with Crippen molar-refractivity contribution in [2.75, 3.05) is 0 Å². The van der Waals surface area contributed by atoms with Gasteiger partial charge in [0.2, 0.25) is 0 Å². The van der Waals surface area contributed by atoms with E-state index < -0.39 is 0 Å². The predicted molar refractivity (Wildman–Crippen MR) is 259 cm³/mol. The molecule has 12 rings (SSSR count). The Morgan fingerprint density at radius 1 is 0.339 bits per heavy atom. The molecule has 3 nitrogen and oxygen atoms in total. The molecule has 3 heteroatoms. The molecular weight excluding hydrogens is 751 g/mol. The van der Waals surface area contributed by atoms with E-state index in [1.807, 2.05) is 6.07 Å². The molecule has 62 heavy (non-hydrogen) atoms. The van der Waals surface area contributed by atoms with Gasteiger partial charge < -0.3 is 4.57 Å². The van der Waals surface area contributed by atoms with Crippen molar-refractivity contribution in [3.63, 3.8) is 0 Å². The SMILES string of the molecule is CC1(C)c2ccccc2-c2ccc(-c3cc(-c4ccc(-c5ccc(-c6ccc7c(c6)c6ccccc6n7-c6ccccc6)cc5)c5ccccc45)nc(-c4ccccc4)n3)cc21. The minimum atomic E-state index is -0.109. The van der Waals surface area contributed by atoms with Crippen molar-refractivity contribution in [3.05, 3.63) is 223 Å². The molecule has 1 aliphatic rings. The first kappa shape index (κ1) is 36.0. The summed E-state index contributed by atoms with van der Waals surface area (Å²) in [5.41, 5.74) is 18.5. The highest BCUT2D eigenvalue weighted by atomic mass is 15.0. The van der Waals surface area contributed by atoms with Crippen molar-refractivity contribution in [1.82, 2.24) is 14.5 Å². The average Bonchev–Trinajstić information content (AvgIpc) is 3.79. The summed E-state index contributed by atoms with van der Waals surface area (Å²) in [6, 6.07) is 76.6. The van der Waals surface area contributed by atoms with Crippen LogP contribution < -0.4 is 0 Å². The van der Waals surface area contributed by atoms with Gasteiger partial charge in [0.1, 0.15) is 0 Å². The number of benzene rings is 9. The summed E-state index contributed by atoms with van der Waals surface area (Å²) in [6.45, 7) is 4.66. The third kappa shape index (κ3) is 5.73. The van der Waals surface area contributed by atoms with Crippen LogP contribution in [0.15, 0.2) is 212 Å². The van der Waals surface area contributed by atoms with E-state index in [0.717, 1.165) is 33.5 Å². The molecule has 0 bridgehead atoms. The van der Waals surface area contributed by atoms with E-state index >= 15 is 0 Å². The van der Waals surface area contributed by atoms with Crippen LogP contribution in [0, 0.1) is 0 Å². The van der Waals surface area contributed by atoms with Crippen molar-refractivity contribution in [1.29, 1.82) is 0 Å². The molecule has 292 valence electrons. The van der Waals surface area contributed by atoms with Gasteiger partial charge >= 0.3 is 0 Å². The summed E-state index contributed by atoms with van der Waals surface area (Å²) in [6.07, 6.45) is 0. The number of para-hydroxylation sites is 2. The van der Waals surface area contributed by atoms with E-state index in [9.17, 15) is 0 Å². The van der Waals surface area contributed by atoms with E-state index in [2.05, 4.69) is 225 Å². The van der Waals surface area contributed by atoms with Gasteiger partial charge in [0.05, 0.1) is 22.4 Å². The fourth-order valence-corrected chi connectivity index (χ4v) is 9.94. The van der Waals surface area contributed by atoms with Crippen LogP contribution in [0.5, 0.6) is 0 Å². The van der Waals surface area contributed by atoms with Crippen molar-refractivity contribution < 1.29 is 0 Å². The summed E-state index contributed by atoms with van der Waals surface area (Å²) in [5, 5.41) is 4.85. The lowest BCUT2D eigenvalue weighted by molar-refractivity contribution is 0.660. The molecule has 9 aromatic carbocycles. The molecule has 1 aliphatic carbocycles. The molecule has 2 heterocycles. The lowest BCUT2D eigenvalue weighted by atomic mass is 9.82. The Kier molecular flexibility index (Phi) is 8.20. The number of aromatic nitrogens is 3. The van der Waals surface area contributed by atoms with Crippen LogP contribution in [0.1, 0.15) is 25.0 Å². The fraction of sp³-hybridized carbons (Fsp3) is 0.0508. The zero-order chi connectivity index (χ0) is 41.4. The maximum absolute atomic E-state index is 5.28. The topological polar surface area (TPSA) is 30.7 Å². The average molecular weight is 792 g/mol. The van der Waals surface area contributed by atoms with Crippen LogP contribution in [0.3, 0.4) is 0 Å². The quantitative estimate of drug-likeness (QED) is 0.168. The van der Waals surface area contributed by atoms with Crippen LogP contribution in [-0.4, -0.2) is 14.5 Å². The summed E-state index contributed by atoms with van der Waals surface area (Å²) in [4.78, 5) is 10.5. The van der Waals surface area contributed by atoms with Gasteiger partial charge in [0, 0.05) is 38.6 Å². The molecule has 2 aromatic heterocycles. The van der Waals surface area contributed by atoms with Gasteiger partial charge in [-0.25, -0.2) is 9.97 Å². The Balaban J connectivity index is 0.937. The first-order valence-corrected chi connectivity index (χ1v) is 21.4. The Morgan fingerprint density at radius 2 is 0.903 bits per heavy atom. The molecule has 0 radical (unpaired) electrons. The van der Waals surface area contributed by atoms with Crippen molar-refractivity contribution in [3.8, 4) is 73.0 Å². The van der Waals surface area contributed by atoms with Crippen molar-refractivity contribution in [2.24, 2.45) is 0 Å². The smallest absolute Gasteiger partial charge is 0.160 e. The zero-order valence-electron chi connectivity index (χ0n) is 34.5. The third-order valence-electron chi connectivity index (χ3n) is 13.1. The first-order valence-electron chi connectivity index (χ1n) is 21.4. The number of fused-ring (bicyclic) bond motifs is 7. The van der Waals surface area contributed by atoms with E-state index in [0.29, 0.717) is 5.82 Å². The molecule has 11 aromatic rings. The second-order valence-electron chi connectivity index (χ2n) is 17.0. The van der Waals surface area contributed by atoms with Crippen LogP contribution in [0.4, 0.5) is 0 Å². The van der Waals surface area contributed by atoms with Gasteiger partial charge in [-0.1, -0.05) is 184 Å². The van der Waals surface area contributed by atoms with Crippen LogP contribution in [0.25, 0.3) is 106 Å². The van der Waals surface area contributed by atoms with E-state index in [-0.39, 0.29) is 5.41 Å². The highest BCUT2D eigenvalue weighted by Crippen LogP contribution is 2.50. The van der Waals surface area contributed by atoms with E-state index in [4.69, 9.17) is 9.97 Å². The monoisotopic (exact) mass is 791 g/mol. The van der Waals surface area contributed by atoms with Gasteiger partial charge in [0.15, 0.2) is 5.82 Å². The second kappa shape index (κ2) is 14.1. The van der Waals surface area contributed by atoms with Gasteiger partial charge in [-0.2, -0.15) is 0 Å². The standard InChI is InChI=1S/C59H41N3/c1-59(2)52-23-13-11-21-47(52)48-31-29-42(36-53(48)59)54-37-55(61-58(60-54)40-15-5-3-6-16-40)49-33-32-44(45-19-9-10-20-46(45)49)39-27-25-38(26-28-39)41-30-34-57-51(35-41)50-22-12-14-24-56(50)62(57)43-17-7-4-8-18-43/h3-37H,1-2H3. The highest BCUT2D eigenvalue weighted by molar-refractivity contribution is 6.10. The number of hydrogen-bond acceptors (Lipinski definition) is 2. The summed E-state index contributed by atoms with van der Waals surface area (Å²) < 4.78 is 2.37. The van der Waals surface area contributed by atoms with Gasteiger partial charge in [-0.05, 0) is 97.7 Å². The Morgan fingerprint density at radius 3 is 1.71 bits per heavy atom. The fourth-order valence-electron chi connectivity index (χ4n) is 9.94. The van der Waals surface area contributed by atoms with Crippen LogP contribution in [0.2, 0.25) is 0 Å². The second-order valence-corrected chi connectivity index (χ2v) is 17.0. The maximum atomic E-state index is 5.28. The highest BCUT2D eigenvalue weighted by Gasteiger charge is 2.35. The molecule has 0 aliphatic heterocycles. The summed E-state index contributed by atoms with van der Waals surface area (Å²) in [7, 11) is 0. The van der Waals surface area contributed by atoms with Crippen molar-refractivity contribution >= 4 is 32.6 Å². The van der Waals surface area contributed by atoms with E-state index in [1.165, 1.54) is 77.4 Å². The zero-order valence-corrected chi connectivity index (χ0v) is 34.5. The maximum Gasteiger partial charge on any atom is 0.160 e. The Bertz CT molecular complexity index is 3520. The van der Waals surface area contributed by atoms with Gasteiger partial charge in [-0.15, -0.1) is 0 Å². The molecule has 0 N–H and O–H groups in total. The first-order chi connectivity index (χ1) is 30.5.